The molecule has 0 unspecified atom stereocenters. The molecule has 1 aliphatic rings. The minimum Gasteiger partial charge on any atom is -1.00 e. The van der Waals surface area contributed by atoms with Gasteiger partial charge in [0.05, 0.1) is 0 Å². The van der Waals surface area contributed by atoms with Crippen LogP contribution in [0.15, 0.2) is 0 Å². The van der Waals surface area contributed by atoms with Crippen molar-refractivity contribution in [2.45, 2.75) is 6.42 Å². The summed E-state index contributed by atoms with van der Waals surface area (Å²) in [6.07, 6.45) is 0.886. The molecular weight excluding hydrogens is 118 g/mol. The first-order valence-corrected chi connectivity index (χ1v) is 2.31. The second-order valence-corrected chi connectivity index (χ2v) is 1.40. The van der Waals surface area contributed by atoms with Gasteiger partial charge >= 0.3 is 36.9 Å². The third kappa shape index (κ3) is 3.07. The molecule has 0 aromatic heterocycles. The van der Waals surface area contributed by atoms with Gasteiger partial charge in [-0.2, -0.15) is 0 Å². The van der Waals surface area contributed by atoms with Crippen LogP contribution >= 0.6 is 0 Å². The van der Waals surface area contributed by atoms with Crippen LogP contribution in [0.4, 0.5) is 0 Å². The molecule has 0 spiro atoms. The molecule has 1 saturated heterocycles. The van der Waals surface area contributed by atoms with Crippen molar-refractivity contribution in [1.82, 2.24) is 0 Å². The Bertz CT molecular complexity index is 61.0. The van der Waals surface area contributed by atoms with Gasteiger partial charge in [-0.05, 0) is 6.42 Å². The quantitative estimate of drug-likeness (QED) is 0.342. The van der Waals surface area contributed by atoms with E-state index in [1.54, 1.807) is 0 Å². The summed E-state index contributed by atoms with van der Waals surface area (Å²) in [6.45, 7) is 1.22. The van der Waals surface area contributed by atoms with Gasteiger partial charge in [-0.3, -0.25) is 0 Å². The fraction of sp³-hybridized carbons (Fsp3) is 1.00. The third-order valence-corrected chi connectivity index (χ3v) is 0.810. The first-order chi connectivity index (χ1) is 3.39. The first-order valence-electron chi connectivity index (χ1n) is 2.31. The Morgan fingerprint density at radius 2 is 1.88 bits per heavy atom. The Hall–Kier alpha value is 0.945. The zero-order valence-corrected chi connectivity index (χ0v) is 6.96. The minimum absolute atomic E-state index is 0. The maximum atomic E-state index is 8.46. The van der Waals surface area contributed by atoms with Crippen LogP contribution in [0.2, 0.25) is 0 Å². The van der Waals surface area contributed by atoms with Crippen molar-refractivity contribution in [2.24, 2.45) is 0 Å². The Morgan fingerprint density at radius 1 is 1.38 bits per heavy atom. The molecule has 1 aliphatic heterocycles. The number of hydrogen-bond acceptors (Lipinski definition) is 3. The molecule has 0 saturated carbocycles. The van der Waals surface area contributed by atoms with Gasteiger partial charge in [-0.15, -0.1) is 0 Å². The average Bonchev–Trinajstić information content (AvgIpc) is 1.69. The van der Waals surface area contributed by atoms with Gasteiger partial charge in [0.2, 0.25) is 0 Å². The molecule has 0 radical (unpaired) electrons. The Kier molecular flexibility index (Phi) is 5.36. The number of hydrogen-bond donors (Lipinski definition) is 1. The largest absolute Gasteiger partial charge is 1.00 e. The van der Waals surface area contributed by atoms with E-state index in [0.29, 0.717) is 13.2 Å². The number of rotatable bonds is 0. The molecule has 3 nitrogen and oxygen atoms in total. The molecule has 5 heteroatoms. The maximum absolute atomic E-state index is 8.46. The summed E-state index contributed by atoms with van der Waals surface area (Å²) in [6, 6.07) is 0. The monoisotopic (exact) mass is 126 g/mol. The Morgan fingerprint density at radius 3 is 2.12 bits per heavy atom. The molecule has 0 atom stereocenters. The molecule has 42 valence electrons. The van der Waals surface area contributed by atoms with Crippen molar-refractivity contribution in [3.05, 3.63) is 0 Å². The molecule has 0 aromatic rings. The molecule has 0 aliphatic carbocycles. The van der Waals surface area contributed by atoms with Gasteiger partial charge < -0.3 is 15.8 Å². The predicted molar refractivity (Wildman–Crippen MR) is 25.6 cm³/mol. The topological polar surface area (TPSA) is 38.7 Å². The zero-order chi connectivity index (χ0) is 5.11. The van der Waals surface area contributed by atoms with Crippen LogP contribution in [0.5, 0.6) is 0 Å². The second kappa shape index (κ2) is 4.79. The van der Waals surface area contributed by atoms with E-state index in [1.807, 2.05) is 0 Å². The summed E-state index contributed by atoms with van der Waals surface area (Å²) in [5, 5.41) is 8.46. The van der Waals surface area contributed by atoms with Crippen molar-refractivity contribution in [1.29, 1.82) is 0 Å². The second-order valence-electron chi connectivity index (χ2n) is 1.40. The maximum Gasteiger partial charge on any atom is 1.00 e. The van der Waals surface area contributed by atoms with Crippen LogP contribution < -0.4 is 29.6 Å². The van der Waals surface area contributed by atoms with Crippen LogP contribution in [-0.4, -0.2) is 25.6 Å². The van der Waals surface area contributed by atoms with Gasteiger partial charge in [0, 0.05) is 13.2 Å². The van der Waals surface area contributed by atoms with E-state index in [9.17, 15) is 0 Å². The fourth-order valence-electron chi connectivity index (χ4n) is 0.475. The van der Waals surface area contributed by atoms with E-state index >= 15 is 0 Å². The van der Waals surface area contributed by atoms with Crippen LogP contribution in [0.3, 0.4) is 0 Å². The third-order valence-electron chi connectivity index (χ3n) is 0.810. The predicted octanol–water partition coefficient (Wildman–Crippen LogP) is -3.48. The van der Waals surface area contributed by atoms with Crippen molar-refractivity contribution in [3.8, 4) is 0 Å². The first kappa shape index (κ1) is 8.94. The summed E-state index contributed by atoms with van der Waals surface area (Å²) >= 11 is 0. The van der Waals surface area contributed by atoms with E-state index < -0.39 is 7.32 Å². The van der Waals surface area contributed by atoms with Gasteiger partial charge in [0.25, 0.3) is 0 Å². The van der Waals surface area contributed by atoms with Crippen LogP contribution in [0.25, 0.3) is 0 Å². The van der Waals surface area contributed by atoms with Crippen LogP contribution in [0, 0.1) is 0 Å². The molecule has 1 fully saturated rings. The zero-order valence-electron chi connectivity index (χ0n) is 5.96. The molecule has 0 amide bonds. The van der Waals surface area contributed by atoms with Crippen molar-refractivity contribution < 1.29 is 45.3 Å². The smallest absolute Gasteiger partial charge is 1.00 e. The molecule has 1 heterocycles. The van der Waals surface area contributed by atoms with Crippen LogP contribution in [0.1, 0.15) is 7.85 Å². The van der Waals surface area contributed by atoms with Gasteiger partial charge in [-0.1, -0.05) is 0 Å². The van der Waals surface area contributed by atoms with E-state index in [0.717, 1.165) is 6.42 Å². The van der Waals surface area contributed by atoms with E-state index in [1.165, 1.54) is 0 Å². The van der Waals surface area contributed by atoms with Crippen molar-refractivity contribution in [3.63, 3.8) is 0 Å². The standard InChI is InChI=1S/C3H7BO3.Na.H/c5-4-6-2-1-3-7-4;;/h5H,1-3H2;;/q;+1;-1. The van der Waals surface area contributed by atoms with Gasteiger partial charge in [0.1, 0.15) is 0 Å². The molecule has 8 heavy (non-hydrogen) atoms. The Balaban J connectivity index is 0. The fourth-order valence-corrected chi connectivity index (χ4v) is 0.475. The molecule has 0 aromatic carbocycles. The molecule has 0 bridgehead atoms. The average molecular weight is 126 g/mol. The molecule has 1 rings (SSSR count). The van der Waals surface area contributed by atoms with Gasteiger partial charge in [0.15, 0.2) is 0 Å². The summed E-state index contributed by atoms with van der Waals surface area (Å²) in [7, 11) is -0.964. The molecule has 1 N–H and O–H groups in total. The summed E-state index contributed by atoms with van der Waals surface area (Å²) < 4.78 is 9.22. The van der Waals surface area contributed by atoms with Crippen LogP contribution in [-0.2, 0) is 9.31 Å². The summed E-state index contributed by atoms with van der Waals surface area (Å²) in [5.74, 6) is 0. The summed E-state index contributed by atoms with van der Waals surface area (Å²) in [4.78, 5) is 0. The van der Waals surface area contributed by atoms with Crippen molar-refractivity contribution >= 4 is 7.32 Å². The van der Waals surface area contributed by atoms with E-state index in [-0.39, 0.29) is 31.0 Å². The Labute approximate surface area is 72.3 Å². The van der Waals surface area contributed by atoms with E-state index in [2.05, 4.69) is 9.31 Å². The minimum atomic E-state index is -0.964. The molecular formula is C3H8BNaO3. The normalized spacial score (nSPS) is 19.9. The SMILES string of the molecule is OB1OCCCO1.[H-].[Na+]. The van der Waals surface area contributed by atoms with Crippen molar-refractivity contribution in [2.75, 3.05) is 13.2 Å². The van der Waals surface area contributed by atoms with E-state index in [4.69, 9.17) is 5.02 Å². The summed E-state index contributed by atoms with van der Waals surface area (Å²) in [5.41, 5.74) is 0. The van der Waals surface area contributed by atoms with Gasteiger partial charge in [-0.25, -0.2) is 0 Å².